The fourth-order valence-corrected chi connectivity index (χ4v) is 4.42. The first-order valence-corrected chi connectivity index (χ1v) is 8.74. The van der Waals surface area contributed by atoms with Crippen LogP contribution in [0.15, 0.2) is 0 Å². The Balaban J connectivity index is 1.54. The molecule has 0 amide bonds. The quantitative estimate of drug-likeness (QED) is 0.774. The molecule has 1 aliphatic carbocycles. The third-order valence-electron chi connectivity index (χ3n) is 4.05. The molecule has 106 valence electrons. The monoisotopic (exact) mass is 271 g/mol. The fourth-order valence-electron chi connectivity index (χ4n) is 3.11. The van der Waals surface area contributed by atoms with Crippen molar-refractivity contribution < 1.29 is 4.74 Å². The van der Waals surface area contributed by atoms with Crippen LogP contribution in [-0.4, -0.2) is 36.8 Å². The van der Waals surface area contributed by atoms with Crippen LogP contribution in [0.4, 0.5) is 0 Å². The van der Waals surface area contributed by atoms with Gasteiger partial charge in [-0.15, -0.1) is 0 Å². The predicted octanol–water partition coefficient (Wildman–Crippen LogP) is 3.46. The van der Waals surface area contributed by atoms with Gasteiger partial charge < -0.3 is 10.1 Å². The first kappa shape index (κ1) is 14.7. The van der Waals surface area contributed by atoms with Gasteiger partial charge in [0, 0.05) is 18.3 Å². The van der Waals surface area contributed by atoms with E-state index in [-0.39, 0.29) is 0 Å². The third kappa shape index (κ3) is 5.10. The zero-order valence-electron chi connectivity index (χ0n) is 12.0. The molecule has 2 nitrogen and oxygen atoms in total. The van der Waals surface area contributed by atoms with E-state index >= 15 is 0 Å². The average Bonchev–Trinajstić information content (AvgIpc) is 2.35. The smallest absolute Gasteiger partial charge is 0.0594 e. The molecule has 0 aromatic rings. The summed E-state index contributed by atoms with van der Waals surface area (Å²) in [4.78, 5) is 0. The summed E-state index contributed by atoms with van der Waals surface area (Å²) in [6, 6.07) is 0.689. The Morgan fingerprint density at radius 3 is 2.72 bits per heavy atom. The van der Waals surface area contributed by atoms with E-state index in [1.807, 2.05) is 0 Å². The summed E-state index contributed by atoms with van der Waals surface area (Å²) < 4.78 is 5.96. The zero-order chi connectivity index (χ0) is 12.8. The van der Waals surface area contributed by atoms with E-state index in [0.717, 1.165) is 13.2 Å². The summed E-state index contributed by atoms with van der Waals surface area (Å²) in [5.41, 5.74) is 0.505. The highest BCUT2D eigenvalue weighted by Crippen LogP contribution is 2.33. The Bertz CT molecular complexity index is 239. The van der Waals surface area contributed by atoms with Crippen LogP contribution in [0.2, 0.25) is 0 Å². The number of rotatable bonds is 5. The molecule has 2 fully saturated rings. The van der Waals surface area contributed by atoms with Gasteiger partial charge in [-0.3, -0.25) is 0 Å². The number of hydrogen-bond donors (Lipinski definition) is 1. The van der Waals surface area contributed by atoms with Crippen LogP contribution in [0.1, 0.15) is 52.4 Å². The molecule has 1 unspecified atom stereocenters. The Hall–Kier alpha value is 0.270. The Kier molecular flexibility index (Phi) is 5.84. The van der Waals surface area contributed by atoms with Gasteiger partial charge in [0.05, 0.1) is 12.7 Å². The van der Waals surface area contributed by atoms with Crippen molar-refractivity contribution in [3.8, 4) is 0 Å². The second kappa shape index (κ2) is 7.16. The highest BCUT2D eigenvalue weighted by Gasteiger charge is 2.27. The van der Waals surface area contributed by atoms with E-state index in [1.54, 1.807) is 0 Å². The number of thioether (sulfide) groups is 1. The van der Waals surface area contributed by atoms with E-state index < -0.39 is 0 Å². The molecule has 0 aromatic carbocycles. The first-order valence-electron chi connectivity index (χ1n) is 7.58. The zero-order valence-corrected chi connectivity index (χ0v) is 12.9. The second-order valence-electron chi connectivity index (χ2n) is 6.67. The maximum atomic E-state index is 5.96. The minimum atomic E-state index is 0.505. The lowest BCUT2D eigenvalue weighted by atomic mass is 9.88. The lowest BCUT2D eigenvalue weighted by Crippen LogP contribution is -2.41. The minimum absolute atomic E-state index is 0.505. The molecule has 1 N–H and O–H groups in total. The molecule has 1 aliphatic heterocycles. The van der Waals surface area contributed by atoms with Gasteiger partial charge in [0.25, 0.3) is 0 Å². The van der Waals surface area contributed by atoms with Crippen LogP contribution in [0, 0.1) is 5.41 Å². The number of ether oxygens (including phenoxy) is 1. The third-order valence-corrected chi connectivity index (χ3v) is 5.68. The van der Waals surface area contributed by atoms with Crippen molar-refractivity contribution in [2.24, 2.45) is 5.41 Å². The molecule has 18 heavy (non-hydrogen) atoms. The predicted molar refractivity (Wildman–Crippen MR) is 80.3 cm³/mol. The Labute approximate surface area is 117 Å². The largest absolute Gasteiger partial charge is 0.377 e. The van der Waals surface area contributed by atoms with Crippen LogP contribution in [0.5, 0.6) is 0 Å². The van der Waals surface area contributed by atoms with Crippen LogP contribution in [0.3, 0.4) is 0 Å². The highest BCUT2D eigenvalue weighted by atomic mass is 32.2. The molecule has 0 spiro atoms. The molecule has 0 radical (unpaired) electrons. The number of hydrogen-bond acceptors (Lipinski definition) is 3. The van der Waals surface area contributed by atoms with Gasteiger partial charge in [-0.1, -0.05) is 33.1 Å². The van der Waals surface area contributed by atoms with E-state index in [4.69, 9.17) is 4.74 Å². The van der Waals surface area contributed by atoms with Gasteiger partial charge in [0.1, 0.15) is 0 Å². The molecule has 0 aromatic heterocycles. The molecular weight excluding hydrogens is 242 g/mol. The maximum absolute atomic E-state index is 5.96. The van der Waals surface area contributed by atoms with Gasteiger partial charge in [-0.25, -0.2) is 0 Å². The van der Waals surface area contributed by atoms with Gasteiger partial charge in [0.15, 0.2) is 0 Å². The van der Waals surface area contributed by atoms with E-state index in [1.165, 1.54) is 50.0 Å². The maximum Gasteiger partial charge on any atom is 0.0594 e. The van der Waals surface area contributed by atoms with Crippen LogP contribution >= 0.6 is 11.8 Å². The van der Waals surface area contributed by atoms with Gasteiger partial charge >= 0.3 is 0 Å². The Morgan fingerprint density at radius 1 is 1.22 bits per heavy atom. The molecule has 1 saturated carbocycles. The summed E-state index contributed by atoms with van der Waals surface area (Å²) in [5.74, 6) is 2.58. The van der Waals surface area contributed by atoms with Crippen LogP contribution in [0.25, 0.3) is 0 Å². The normalized spacial score (nSPS) is 29.3. The lowest BCUT2D eigenvalue weighted by Gasteiger charge is -2.35. The van der Waals surface area contributed by atoms with Crippen molar-refractivity contribution >= 4 is 11.8 Å². The van der Waals surface area contributed by atoms with Crippen molar-refractivity contribution in [3.05, 3.63) is 0 Å². The van der Waals surface area contributed by atoms with E-state index in [0.29, 0.717) is 17.6 Å². The lowest BCUT2D eigenvalue weighted by molar-refractivity contribution is 0.0291. The van der Waals surface area contributed by atoms with Crippen molar-refractivity contribution in [1.82, 2.24) is 5.32 Å². The van der Waals surface area contributed by atoms with Gasteiger partial charge in [0.2, 0.25) is 0 Å². The number of nitrogens with one attached hydrogen (secondary N) is 1. The molecule has 3 heteroatoms. The SMILES string of the molecule is CC1(C)CSCC(NCCOC2CCCCC2)C1. The standard InChI is InChI=1S/C15H29NOS/c1-15(2)10-13(11-18-12-15)16-8-9-17-14-6-4-3-5-7-14/h13-14,16H,3-12H2,1-2H3. The van der Waals surface area contributed by atoms with Crippen molar-refractivity contribution in [1.29, 1.82) is 0 Å². The van der Waals surface area contributed by atoms with Crippen molar-refractivity contribution in [3.63, 3.8) is 0 Å². The summed E-state index contributed by atoms with van der Waals surface area (Å²) in [7, 11) is 0. The molecule has 2 rings (SSSR count). The molecule has 0 bridgehead atoms. The van der Waals surface area contributed by atoms with Crippen LogP contribution < -0.4 is 5.32 Å². The minimum Gasteiger partial charge on any atom is -0.377 e. The summed E-state index contributed by atoms with van der Waals surface area (Å²) in [6.45, 7) is 6.68. The molecule has 1 saturated heterocycles. The van der Waals surface area contributed by atoms with Crippen molar-refractivity contribution in [2.75, 3.05) is 24.7 Å². The molecule has 1 atom stereocenters. The van der Waals surface area contributed by atoms with Gasteiger partial charge in [-0.2, -0.15) is 11.8 Å². The van der Waals surface area contributed by atoms with Crippen LogP contribution in [-0.2, 0) is 4.74 Å². The van der Waals surface area contributed by atoms with Crippen molar-refractivity contribution in [2.45, 2.75) is 64.5 Å². The highest BCUT2D eigenvalue weighted by molar-refractivity contribution is 7.99. The topological polar surface area (TPSA) is 21.3 Å². The molecular formula is C15H29NOS. The average molecular weight is 271 g/mol. The fraction of sp³-hybridized carbons (Fsp3) is 1.00. The van der Waals surface area contributed by atoms with E-state index in [2.05, 4.69) is 30.9 Å². The second-order valence-corrected chi connectivity index (χ2v) is 7.70. The summed E-state index contributed by atoms with van der Waals surface area (Å²) in [5, 5.41) is 3.67. The first-order chi connectivity index (χ1) is 8.66. The summed E-state index contributed by atoms with van der Waals surface area (Å²) in [6.07, 6.45) is 8.57. The Morgan fingerprint density at radius 2 is 2.00 bits per heavy atom. The van der Waals surface area contributed by atoms with E-state index in [9.17, 15) is 0 Å². The summed E-state index contributed by atoms with van der Waals surface area (Å²) >= 11 is 2.09. The molecule has 2 aliphatic rings. The molecule has 1 heterocycles. The van der Waals surface area contributed by atoms with Gasteiger partial charge in [-0.05, 0) is 30.4 Å².